The van der Waals surface area contributed by atoms with Crippen molar-refractivity contribution >= 4 is 5.97 Å². The summed E-state index contributed by atoms with van der Waals surface area (Å²) in [5, 5.41) is 8.37. The maximum absolute atomic E-state index is 10.2. The number of unbranched alkanes of at least 4 members (excludes halogenated alkanes) is 1. The zero-order valence-electron chi connectivity index (χ0n) is 10.8. The largest absolute Gasteiger partial charge is 0.478 e. The summed E-state index contributed by atoms with van der Waals surface area (Å²) < 4.78 is 0. The predicted octanol–water partition coefficient (Wildman–Crippen LogP) is 4.43. The number of hydrogen-bond donors (Lipinski definition) is 1. The highest BCUT2D eigenvalue weighted by Crippen LogP contribution is 1.96. The quantitative estimate of drug-likeness (QED) is 0.351. The lowest BCUT2D eigenvalue weighted by atomic mass is 10.2. The van der Waals surface area contributed by atoms with Gasteiger partial charge in [-0.05, 0) is 32.1 Å². The van der Waals surface area contributed by atoms with Gasteiger partial charge in [-0.1, -0.05) is 48.6 Å². The van der Waals surface area contributed by atoms with E-state index in [2.05, 4.69) is 43.0 Å². The Morgan fingerprint density at radius 2 is 1.33 bits per heavy atom. The van der Waals surface area contributed by atoms with Crippen molar-refractivity contribution in [2.45, 2.75) is 32.1 Å². The average Bonchev–Trinajstić information content (AvgIpc) is 2.34. The van der Waals surface area contributed by atoms with Crippen molar-refractivity contribution in [3.05, 3.63) is 61.3 Å². The van der Waals surface area contributed by atoms with E-state index in [9.17, 15) is 4.79 Å². The third kappa shape index (κ3) is 14.2. The van der Waals surface area contributed by atoms with Crippen molar-refractivity contribution in [3.63, 3.8) is 0 Å². The highest BCUT2D eigenvalue weighted by atomic mass is 16.4. The van der Waals surface area contributed by atoms with Crippen molar-refractivity contribution in [2.24, 2.45) is 0 Å². The van der Waals surface area contributed by atoms with E-state index in [0.29, 0.717) is 0 Å². The molecule has 2 nitrogen and oxygen atoms in total. The predicted molar refractivity (Wildman–Crippen MR) is 77.5 cm³/mol. The molecule has 98 valence electrons. The van der Waals surface area contributed by atoms with Gasteiger partial charge in [0.05, 0.1) is 0 Å². The summed E-state index contributed by atoms with van der Waals surface area (Å²) in [6.45, 7) is 3.64. The van der Waals surface area contributed by atoms with Crippen LogP contribution < -0.4 is 0 Å². The molecule has 0 saturated heterocycles. The van der Waals surface area contributed by atoms with Crippen molar-refractivity contribution in [1.29, 1.82) is 0 Å². The SMILES string of the molecule is C=CCC=CCC=CCC=CCCC=CC(=O)O. The van der Waals surface area contributed by atoms with E-state index in [-0.39, 0.29) is 0 Å². The summed E-state index contributed by atoms with van der Waals surface area (Å²) in [5.74, 6) is -0.883. The molecule has 0 aliphatic rings. The van der Waals surface area contributed by atoms with Gasteiger partial charge < -0.3 is 5.11 Å². The first-order valence-electron chi connectivity index (χ1n) is 6.22. The zero-order valence-corrected chi connectivity index (χ0v) is 10.8. The van der Waals surface area contributed by atoms with Gasteiger partial charge in [-0.25, -0.2) is 4.79 Å². The number of carboxylic acids is 1. The van der Waals surface area contributed by atoms with Gasteiger partial charge in [-0.2, -0.15) is 0 Å². The standard InChI is InChI=1S/C16H22O2/c1-2-3-4-5-6-7-8-9-10-11-12-13-14-15-16(17)18/h2,4-5,7-8,10-11,14-15H,1,3,6,9,12-13H2,(H,17,18). The number of allylic oxidation sites excluding steroid dienone is 8. The molecule has 0 aromatic carbocycles. The monoisotopic (exact) mass is 246 g/mol. The first kappa shape index (κ1) is 16.2. The van der Waals surface area contributed by atoms with Crippen LogP contribution in [0.5, 0.6) is 0 Å². The van der Waals surface area contributed by atoms with Crippen LogP contribution in [-0.2, 0) is 4.79 Å². The van der Waals surface area contributed by atoms with Crippen LogP contribution in [-0.4, -0.2) is 11.1 Å². The highest BCUT2D eigenvalue weighted by molar-refractivity contribution is 5.79. The van der Waals surface area contributed by atoms with Crippen LogP contribution >= 0.6 is 0 Å². The maximum atomic E-state index is 10.2. The number of carbonyl (C=O) groups is 1. The van der Waals surface area contributed by atoms with Gasteiger partial charge in [-0.15, -0.1) is 6.58 Å². The van der Waals surface area contributed by atoms with E-state index in [1.54, 1.807) is 6.08 Å². The molecule has 18 heavy (non-hydrogen) atoms. The topological polar surface area (TPSA) is 37.3 Å². The lowest BCUT2D eigenvalue weighted by Crippen LogP contribution is -1.85. The van der Waals surface area contributed by atoms with Gasteiger partial charge in [0.2, 0.25) is 0 Å². The molecule has 0 heterocycles. The van der Waals surface area contributed by atoms with E-state index < -0.39 is 5.97 Å². The molecule has 0 aliphatic carbocycles. The Kier molecular flexibility index (Phi) is 11.9. The molecule has 0 radical (unpaired) electrons. The number of carboxylic acid groups (broad SMARTS) is 1. The van der Waals surface area contributed by atoms with Gasteiger partial charge in [0.25, 0.3) is 0 Å². The Hall–Kier alpha value is -1.83. The van der Waals surface area contributed by atoms with E-state index in [4.69, 9.17) is 5.11 Å². The summed E-state index contributed by atoms with van der Waals surface area (Å²) >= 11 is 0. The van der Waals surface area contributed by atoms with Crippen LogP contribution in [0.2, 0.25) is 0 Å². The molecular formula is C16H22O2. The number of aliphatic carboxylic acids is 1. The second-order valence-corrected chi connectivity index (χ2v) is 3.73. The molecule has 1 N–H and O–H groups in total. The molecule has 0 spiro atoms. The summed E-state index contributed by atoms with van der Waals surface area (Å²) in [5.41, 5.74) is 0. The van der Waals surface area contributed by atoms with Gasteiger partial charge >= 0.3 is 5.97 Å². The van der Waals surface area contributed by atoms with Crippen LogP contribution in [0.1, 0.15) is 32.1 Å². The lowest BCUT2D eigenvalue weighted by Gasteiger charge is -1.86. The second-order valence-electron chi connectivity index (χ2n) is 3.73. The molecule has 0 aliphatic heterocycles. The summed E-state index contributed by atoms with van der Waals surface area (Å²) in [6, 6.07) is 0. The van der Waals surface area contributed by atoms with E-state index in [1.165, 1.54) is 6.08 Å². The molecule has 2 heteroatoms. The molecule has 0 unspecified atom stereocenters. The lowest BCUT2D eigenvalue weighted by molar-refractivity contribution is -0.131. The Morgan fingerprint density at radius 1 is 0.833 bits per heavy atom. The summed E-state index contributed by atoms with van der Waals surface area (Å²) in [6.07, 6.45) is 21.9. The Bertz CT molecular complexity index is 333. The van der Waals surface area contributed by atoms with E-state index in [1.807, 2.05) is 6.08 Å². The van der Waals surface area contributed by atoms with Crippen molar-refractivity contribution < 1.29 is 9.90 Å². The first-order chi connectivity index (χ1) is 8.77. The molecule has 0 atom stereocenters. The summed E-state index contributed by atoms with van der Waals surface area (Å²) in [7, 11) is 0. The van der Waals surface area contributed by atoms with Gasteiger partial charge in [-0.3, -0.25) is 0 Å². The van der Waals surface area contributed by atoms with Crippen LogP contribution in [0.25, 0.3) is 0 Å². The Balaban J connectivity index is 3.44. The minimum Gasteiger partial charge on any atom is -0.478 e. The zero-order chi connectivity index (χ0) is 13.5. The number of hydrogen-bond acceptors (Lipinski definition) is 1. The molecule has 0 aromatic heterocycles. The van der Waals surface area contributed by atoms with E-state index in [0.717, 1.165) is 32.1 Å². The molecule has 0 saturated carbocycles. The third-order valence-electron chi connectivity index (χ3n) is 2.11. The molecule has 0 bridgehead atoms. The second kappa shape index (κ2) is 13.2. The van der Waals surface area contributed by atoms with Gasteiger partial charge in [0, 0.05) is 6.08 Å². The van der Waals surface area contributed by atoms with Gasteiger partial charge in [0.1, 0.15) is 0 Å². The van der Waals surface area contributed by atoms with E-state index >= 15 is 0 Å². The molecule has 0 aromatic rings. The average molecular weight is 246 g/mol. The van der Waals surface area contributed by atoms with Crippen LogP contribution in [0, 0.1) is 0 Å². The van der Waals surface area contributed by atoms with Crippen molar-refractivity contribution in [2.75, 3.05) is 0 Å². The maximum Gasteiger partial charge on any atom is 0.327 e. The molecule has 0 fully saturated rings. The molecule has 0 amide bonds. The van der Waals surface area contributed by atoms with Crippen LogP contribution in [0.4, 0.5) is 0 Å². The Labute approximate surface area is 110 Å². The van der Waals surface area contributed by atoms with Crippen molar-refractivity contribution in [3.8, 4) is 0 Å². The van der Waals surface area contributed by atoms with Crippen molar-refractivity contribution in [1.82, 2.24) is 0 Å². The minimum absolute atomic E-state index is 0.775. The van der Waals surface area contributed by atoms with Gasteiger partial charge in [0.15, 0.2) is 0 Å². The third-order valence-corrected chi connectivity index (χ3v) is 2.11. The normalized spacial score (nSPS) is 12.2. The fraction of sp³-hybridized carbons (Fsp3) is 0.312. The Morgan fingerprint density at radius 3 is 1.89 bits per heavy atom. The first-order valence-corrected chi connectivity index (χ1v) is 6.22. The molecule has 0 rings (SSSR count). The molecular weight excluding hydrogens is 224 g/mol. The smallest absolute Gasteiger partial charge is 0.327 e. The fourth-order valence-electron chi connectivity index (χ4n) is 1.23. The minimum atomic E-state index is -0.883. The summed E-state index contributed by atoms with van der Waals surface area (Å²) in [4.78, 5) is 10.2. The number of rotatable bonds is 10. The fourth-order valence-corrected chi connectivity index (χ4v) is 1.23. The van der Waals surface area contributed by atoms with Crippen LogP contribution in [0.15, 0.2) is 61.3 Å². The highest BCUT2D eigenvalue weighted by Gasteiger charge is 1.83. The van der Waals surface area contributed by atoms with Crippen LogP contribution in [0.3, 0.4) is 0 Å².